The summed E-state index contributed by atoms with van der Waals surface area (Å²) in [5, 5.41) is 10.6. The predicted octanol–water partition coefficient (Wildman–Crippen LogP) is 5.66. The second-order valence-electron chi connectivity index (χ2n) is 15.5. The highest BCUT2D eigenvalue weighted by Gasteiger charge is 2.53. The second kappa shape index (κ2) is 15.6. The predicted molar refractivity (Wildman–Crippen MR) is 208 cm³/mol. The van der Waals surface area contributed by atoms with Crippen LogP contribution in [0.2, 0.25) is 0 Å². The molecule has 14 heteroatoms. The van der Waals surface area contributed by atoms with Gasteiger partial charge in [-0.3, -0.25) is 18.7 Å². The molecule has 3 atom stereocenters. The molecule has 292 valence electrons. The number of rotatable bonds is 14. The van der Waals surface area contributed by atoms with Crippen LogP contribution in [0.25, 0.3) is 0 Å². The van der Waals surface area contributed by atoms with Crippen molar-refractivity contribution in [2.45, 2.75) is 71.8 Å². The highest BCUT2D eigenvalue weighted by atomic mass is 32.2. The average Bonchev–Trinajstić information content (AvgIpc) is 3.43. The van der Waals surface area contributed by atoms with Crippen LogP contribution in [0.5, 0.6) is 0 Å². The van der Waals surface area contributed by atoms with Crippen LogP contribution in [0, 0.1) is 16.7 Å². The minimum Gasteiger partial charge on any atom is -0.480 e. The van der Waals surface area contributed by atoms with Gasteiger partial charge in [-0.05, 0) is 75.0 Å². The van der Waals surface area contributed by atoms with E-state index in [4.69, 9.17) is 4.74 Å². The third-order valence-corrected chi connectivity index (χ3v) is 12.6. The molecule has 0 spiro atoms. The number of carbonyl (C=O) groups is 2. The molecule has 3 unspecified atom stereocenters. The van der Waals surface area contributed by atoms with Gasteiger partial charge in [0.25, 0.3) is 20.2 Å². The molecule has 0 radical (unpaired) electrons. The number of carboxylic acids is 1. The van der Waals surface area contributed by atoms with Gasteiger partial charge in [-0.25, -0.2) is 4.58 Å². The number of nitrogens with zero attached hydrogens (tertiary/aromatic N) is 2. The van der Waals surface area contributed by atoms with Gasteiger partial charge in [0, 0.05) is 35.8 Å². The number of hydrogen-bond acceptors (Lipinski definition) is 8. The molecule has 2 aliphatic heterocycles. The molecule has 0 saturated heterocycles. The van der Waals surface area contributed by atoms with Crippen molar-refractivity contribution < 1.29 is 49.9 Å². The number of aliphatic carboxylic acids is 1. The molecule has 0 fully saturated rings. The molecule has 0 bridgehead atoms. The van der Waals surface area contributed by atoms with Crippen LogP contribution >= 0.6 is 0 Å². The molecular weight excluding hydrogens is 733 g/mol. The quantitative estimate of drug-likeness (QED) is 0.0918. The van der Waals surface area contributed by atoms with E-state index in [1.54, 1.807) is 13.0 Å². The summed E-state index contributed by atoms with van der Waals surface area (Å²) in [7, 11) is -8.32. The Hall–Kier alpha value is -4.11. The molecule has 54 heavy (non-hydrogen) atoms. The number of hydrogen-bond donors (Lipinski definition) is 3. The molecule has 3 N–H and O–H groups in total. The molecule has 0 saturated carbocycles. The lowest BCUT2D eigenvalue weighted by Gasteiger charge is -2.32. The first-order valence-corrected chi connectivity index (χ1v) is 21.4. The van der Waals surface area contributed by atoms with E-state index in [-0.39, 0.29) is 50.0 Å². The highest BCUT2D eigenvalue weighted by Crippen LogP contribution is 2.48. The summed E-state index contributed by atoms with van der Waals surface area (Å²) in [5.41, 5.74) is 2.03. The molecule has 1 aromatic rings. The Labute approximate surface area is 318 Å². The number of carbonyl (C=O) groups excluding carboxylic acids is 1. The number of carboxylic acid groups (broad SMARTS) is 1. The zero-order chi connectivity index (χ0) is 39.7. The van der Waals surface area contributed by atoms with Gasteiger partial charge in [-0.1, -0.05) is 68.5 Å². The summed E-state index contributed by atoms with van der Waals surface area (Å²) in [6, 6.07) is 7.74. The maximum Gasteiger partial charge on any atom is 0.324 e. The van der Waals surface area contributed by atoms with E-state index in [0.29, 0.717) is 24.2 Å². The van der Waals surface area contributed by atoms with Crippen LogP contribution < -0.4 is 4.90 Å². The third-order valence-electron chi connectivity index (χ3n) is 11.0. The van der Waals surface area contributed by atoms with E-state index in [1.807, 2.05) is 79.5 Å². The number of anilines is 1. The topological polar surface area (TPSA) is 179 Å². The van der Waals surface area contributed by atoms with E-state index in [2.05, 4.69) is 30.6 Å². The van der Waals surface area contributed by atoms with Crippen molar-refractivity contribution in [1.82, 2.24) is 0 Å². The van der Waals surface area contributed by atoms with E-state index in [0.717, 1.165) is 22.7 Å². The Morgan fingerprint density at radius 1 is 0.944 bits per heavy atom. The number of fused-ring (bicyclic) bond motifs is 2. The van der Waals surface area contributed by atoms with Crippen molar-refractivity contribution in [3.05, 3.63) is 101 Å². The van der Waals surface area contributed by atoms with Crippen LogP contribution in [0.4, 0.5) is 5.69 Å². The first-order valence-electron chi connectivity index (χ1n) is 18.2. The summed E-state index contributed by atoms with van der Waals surface area (Å²) in [6.45, 7) is 10.6. The highest BCUT2D eigenvalue weighted by molar-refractivity contribution is 7.86. The first-order chi connectivity index (χ1) is 25.2. The van der Waals surface area contributed by atoms with Crippen molar-refractivity contribution in [3.8, 4) is 0 Å². The van der Waals surface area contributed by atoms with E-state index in [9.17, 15) is 40.6 Å². The van der Waals surface area contributed by atoms with Crippen molar-refractivity contribution >= 4 is 43.6 Å². The van der Waals surface area contributed by atoms with Crippen LogP contribution in [-0.2, 0) is 40.0 Å². The molecule has 0 aromatic heterocycles. The Bertz CT molecular complexity index is 2120. The molecule has 5 rings (SSSR count). The smallest absolute Gasteiger partial charge is 0.324 e. The SMILES string of the molecule is CCOC(=O)C1(C(=O)O)CC(/C=C/C2=[N+](CCCS(=O)(=O)O)C3C=CC=CC3C2(C)C)=CC(=C/C=C2/N(CCCS(=O)(=O)O)c3ccccc3C2(C)C)/C1. The van der Waals surface area contributed by atoms with Gasteiger partial charge in [0.15, 0.2) is 17.2 Å². The fraction of sp³-hybridized carbons (Fsp3) is 0.475. The standard InChI is InChI=1S/C40H50N2O10S2/c1-6-52-37(45)40(36(43)44)26-28(17-19-34-38(2,3)30-13-7-9-15-32(30)41(34)21-11-23-53(46,47)48)25-29(27-40)18-20-35-39(4,5)31-14-8-10-16-33(31)42(35)22-12-24-54(49,50)51/h7-10,13-20,25,30,32H,6,11-12,21-24,26-27H2,1-5H3,(H2-,43,44,46,47,48,49,50,51)/p+1. The van der Waals surface area contributed by atoms with Gasteiger partial charge < -0.3 is 14.7 Å². The zero-order valence-electron chi connectivity index (χ0n) is 31.4. The number of benzene rings is 1. The van der Waals surface area contributed by atoms with Gasteiger partial charge in [-0.2, -0.15) is 16.8 Å². The molecular formula is C40H51N2O10S2+. The van der Waals surface area contributed by atoms with Gasteiger partial charge in [0.05, 0.1) is 29.4 Å². The van der Waals surface area contributed by atoms with Gasteiger partial charge in [0.1, 0.15) is 6.54 Å². The van der Waals surface area contributed by atoms with E-state index in [1.165, 1.54) is 0 Å². The van der Waals surface area contributed by atoms with Crippen LogP contribution in [0.1, 0.15) is 65.9 Å². The first kappa shape index (κ1) is 41.1. The minimum absolute atomic E-state index is 0.00522. The molecule has 12 nitrogen and oxygen atoms in total. The van der Waals surface area contributed by atoms with Crippen LogP contribution in [0.15, 0.2) is 95.8 Å². The number of esters is 1. The van der Waals surface area contributed by atoms with E-state index >= 15 is 0 Å². The van der Waals surface area contributed by atoms with Crippen molar-refractivity contribution in [2.24, 2.45) is 16.7 Å². The average molecular weight is 784 g/mol. The van der Waals surface area contributed by atoms with Gasteiger partial charge in [-0.15, -0.1) is 0 Å². The summed E-state index contributed by atoms with van der Waals surface area (Å²) in [4.78, 5) is 28.6. The fourth-order valence-electron chi connectivity index (χ4n) is 8.38. The lowest BCUT2D eigenvalue weighted by Crippen LogP contribution is -2.42. The molecule has 1 aromatic carbocycles. The summed E-state index contributed by atoms with van der Waals surface area (Å²) in [5.74, 6) is -2.85. The lowest BCUT2D eigenvalue weighted by atomic mass is 9.71. The number of allylic oxidation sites excluding steroid dienone is 10. The van der Waals surface area contributed by atoms with Crippen LogP contribution in [-0.4, -0.2) is 90.5 Å². The summed E-state index contributed by atoms with van der Waals surface area (Å²) >= 11 is 0. The Morgan fingerprint density at radius 3 is 2.28 bits per heavy atom. The summed E-state index contributed by atoms with van der Waals surface area (Å²) in [6.07, 6.45) is 17.6. The molecule has 2 aliphatic carbocycles. The second-order valence-corrected chi connectivity index (χ2v) is 18.6. The van der Waals surface area contributed by atoms with E-state index < -0.39 is 54.2 Å². The number of ether oxygens (including phenoxy) is 1. The van der Waals surface area contributed by atoms with Crippen molar-refractivity contribution in [3.63, 3.8) is 0 Å². The third kappa shape index (κ3) is 8.56. The van der Waals surface area contributed by atoms with Crippen molar-refractivity contribution in [1.29, 1.82) is 0 Å². The fourth-order valence-corrected chi connectivity index (χ4v) is 9.37. The monoisotopic (exact) mass is 783 g/mol. The lowest BCUT2D eigenvalue weighted by molar-refractivity contribution is -0.550. The molecule has 4 aliphatic rings. The van der Waals surface area contributed by atoms with Crippen molar-refractivity contribution in [2.75, 3.05) is 36.1 Å². The zero-order valence-corrected chi connectivity index (χ0v) is 33.1. The Balaban J connectivity index is 1.59. The summed E-state index contributed by atoms with van der Waals surface area (Å²) < 4.78 is 72.5. The largest absolute Gasteiger partial charge is 0.480 e. The van der Waals surface area contributed by atoms with Gasteiger partial charge >= 0.3 is 11.9 Å². The normalized spacial score (nSPS) is 26.1. The number of para-hydroxylation sites is 1. The molecule has 0 amide bonds. The Kier molecular flexibility index (Phi) is 11.8. The maximum absolute atomic E-state index is 13.5. The molecule has 2 heterocycles. The van der Waals surface area contributed by atoms with Gasteiger partial charge in [0.2, 0.25) is 0 Å². The maximum atomic E-state index is 13.5. The van der Waals surface area contributed by atoms with Crippen LogP contribution in [0.3, 0.4) is 0 Å². The minimum atomic E-state index is -4.17. The Morgan fingerprint density at radius 2 is 1.61 bits per heavy atom.